The summed E-state index contributed by atoms with van der Waals surface area (Å²) in [6.45, 7) is 1.96. The summed E-state index contributed by atoms with van der Waals surface area (Å²) in [4.78, 5) is 15.9. The first-order valence-corrected chi connectivity index (χ1v) is 7.40. The second kappa shape index (κ2) is 5.77. The molecule has 0 amide bonds. The van der Waals surface area contributed by atoms with E-state index in [0.717, 1.165) is 16.8 Å². The molecule has 3 aromatic rings. The van der Waals surface area contributed by atoms with Crippen molar-refractivity contribution >= 4 is 23.1 Å². The molecule has 2 aromatic carbocycles. The Morgan fingerprint density at radius 1 is 1.14 bits per heavy atom. The van der Waals surface area contributed by atoms with Crippen molar-refractivity contribution in [1.82, 2.24) is 9.55 Å². The number of rotatable bonds is 3. The van der Waals surface area contributed by atoms with Gasteiger partial charge in [0.2, 0.25) is 0 Å². The standard InChI is InChI=1S/C17H16N2O2S/c1-11(12-7-9-13(21-2)10-8-12)19-16(20)14-5-3-4-6-15(14)18-17(19)22/h3-11H,1-2H3,(H,18,22)/t11-/m0/s1. The number of hydrogen-bond acceptors (Lipinski definition) is 3. The summed E-state index contributed by atoms with van der Waals surface area (Å²) in [5.74, 6) is 0.784. The predicted octanol–water partition coefficient (Wildman–Crippen LogP) is 3.68. The molecule has 1 aromatic heterocycles. The minimum Gasteiger partial charge on any atom is -0.497 e. The Labute approximate surface area is 133 Å². The first-order chi connectivity index (χ1) is 10.6. The zero-order valence-corrected chi connectivity index (χ0v) is 13.2. The van der Waals surface area contributed by atoms with Crippen molar-refractivity contribution in [3.05, 3.63) is 69.2 Å². The van der Waals surface area contributed by atoms with Crippen molar-refractivity contribution in [2.45, 2.75) is 13.0 Å². The fourth-order valence-electron chi connectivity index (χ4n) is 2.56. The number of nitrogens with zero attached hydrogens (tertiary/aromatic N) is 1. The van der Waals surface area contributed by atoms with Gasteiger partial charge in [0, 0.05) is 0 Å². The van der Waals surface area contributed by atoms with Crippen LogP contribution in [0.5, 0.6) is 5.75 Å². The van der Waals surface area contributed by atoms with Crippen LogP contribution in [0.2, 0.25) is 0 Å². The summed E-state index contributed by atoms with van der Waals surface area (Å²) in [6, 6.07) is 14.9. The Bertz CT molecular complexity index is 926. The highest BCUT2D eigenvalue weighted by Crippen LogP contribution is 2.20. The van der Waals surface area contributed by atoms with Crippen molar-refractivity contribution < 1.29 is 4.74 Å². The summed E-state index contributed by atoms with van der Waals surface area (Å²) >= 11 is 5.37. The Morgan fingerprint density at radius 3 is 2.50 bits per heavy atom. The maximum Gasteiger partial charge on any atom is 0.262 e. The van der Waals surface area contributed by atoms with E-state index in [9.17, 15) is 4.79 Å². The number of ether oxygens (including phenoxy) is 1. The van der Waals surface area contributed by atoms with Gasteiger partial charge in [-0.05, 0) is 49.0 Å². The summed E-state index contributed by atoms with van der Waals surface area (Å²) in [7, 11) is 1.63. The maximum absolute atomic E-state index is 12.7. The van der Waals surface area contributed by atoms with Gasteiger partial charge in [0.25, 0.3) is 5.56 Å². The van der Waals surface area contributed by atoms with E-state index < -0.39 is 0 Å². The highest BCUT2D eigenvalue weighted by Gasteiger charge is 2.13. The van der Waals surface area contributed by atoms with Gasteiger partial charge in [0.1, 0.15) is 5.75 Å². The molecule has 0 aliphatic heterocycles. The van der Waals surface area contributed by atoms with E-state index in [1.165, 1.54) is 0 Å². The van der Waals surface area contributed by atoms with Crippen LogP contribution in [0, 0.1) is 4.77 Å². The molecule has 3 rings (SSSR count). The third kappa shape index (κ3) is 2.44. The van der Waals surface area contributed by atoms with Gasteiger partial charge in [0.15, 0.2) is 4.77 Å². The highest BCUT2D eigenvalue weighted by atomic mass is 32.1. The molecule has 1 N–H and O–H groups in total. The molecule has 22 heavy (non-hydrogen) atoms. The molecule has 4 nitrogen and oxygen atoms in total. The third-order valence-corrected chi connectivity index (χ3v) is 4.12. The van der Waals surface area contributed by atoms with Crippen molar-refractivity contribution in [2.24, 2.45) is 0 Å². The van der Waals surface area contributed by atoms with Gasteiger partial charge in [-0.1, -0.05) is 24.3 Å². The fraction of sp³-hybridized carbons (Fsp3) is 0.176. The lowest BCUT2D eigenvalue weighted by molar-refractivity contribution is 0.414. The second-order valence-corrected chi connectivity index (χ2v) is 5.49. The molecule has 1 atom stereocenters. The van der Waals surface area contributed by atoms with Crippen molar-refractivity contribution in [2.75, 3.05) is 7.11 Å². The van der Waals surface area contributed by atoms with E-state index >= 15 is 0 Å². The Kier molecular flexibility index (Phi) is 3.81. The summed E-state index contributed by atoms with van der Waals surface area (Å²) in [5, 5.41) is 0.636. The SMILES string of the molecule is COc1ccc([C@H](C)n2c(=S)[nH]c3ccccc3c2=O)cc1. The molecule has 0 radical (unpaired) electrons. The number of hydrogen-bond donors (Lipinski definition) is 1. The van der Waals surface area contributed by atoms with Crippen LogP contribution in [0.3, 0.4) is 0 Å². The van der Waals surface area contributed by atoms with Crippen molar-refractivity contribution in [3.8, 4) is 5.75 Å². The number of fused-ring (bicyclic) bond motifs is 1. The van der Waals surface area contributed by atoms with Crippen LogP contribution in [0.25, 0.3) is 10.9 Å². The van der Waals surface area contributed by atoms with Gasteiger partial charge in [-0.25, -0.2) is 0 Å². The van der Waals surface area contributed by atoms with Crippen molar-refractivity contribution in [1.29, 1.82) is 0 Å². The van der Waals surface area contributed by atoms with E-state index in [-0.39, 0.29) is 11.6 Å². The first kappa shape index (κ1) is 14.5. The van der Waals surface area contributed by atoms with Gasteiger partial charge < -0.3 is 9.72 Å². The number of H-pyrrole nitrogens is 1. The smallest absolute Gasteiger partial charge is 0.262 e. The molecule has 0 saturated heterocycles. The Hall–Kier alpha value is -2.40. The molecule has 0 fully saturated rings. The number of methoxy groups -OCH3 is 1. The average molecular weight is 312 g/mol. The monoisotopic (exact) mass is 312 g/mol. The summed E-state index contributed by atoms with van der Waals surface area (Å²) in [6.07, 6.45) is 0. The quantitative estimate of drug-likeness (QED) is 0.751. The zero-order valence-electron chi connectivity index (χ0n) is 12.4. The van der Waals surface area contributed by atoms with Crippen LogP contribution in [-0.4, -0.2) is 16.7 Å². The number of benzene rings is 2. The molecule has 0 bridgehead atoms. The molecular formula is C17H16N2O2S. The van der Waals surface area contributed by atoms with Crippen LogP contribution in [-0.2, 0) is 0 Å². The maximum atomic E-state index is 12.7. The largest absolute Gasteiger partial charge is 0.497 e. The van der Waals surface area contributed by atoms with Gasteiger partial charge >= 0.3 is 0 Å². The normalized spacial score (nSPS) is 12.3. The van der Waals surface area contributed by atoms with Crippen molar-refractivity contribution in [3.63, 3.8) is 0 Å². The fourth-order valence-corrected chi connectivity index (χ4v) is 2.91. The van der Waals surface area contributed by atoms with Crippen LogP contribution in [0.4, 0.5) is 0 Å². The molecule has 5 heteroatoms. The molecule has 0 saturated carbocycles. The van der Waals surface area contributed by atoms with Crippen LogP contribution >= 0.6 is 12.2 Å². The summed E-state index contributed by atoms with van der Waals surface area (Å²) in [5.41, 5.74) is 1.68. The number of nitrogens with one attached hydrogen (secondary N) is 1. The van der Waals surface area contributed by atoms with Gasteiger partial charge in [-0.15, -0.1) is 0 Å². The van der Waals surface area contributed by atoms with Gasteiger partial charge in [-0.3, -0.25) is 9.36 Å². The van der Waals surface area contributed by atoms with Gasteiger partial charge in [-0.2, -0.15) is 0 Å². The lowest BCUT2D eigenvalue weighted by atomic mass is 10.1. The van der Waals surface area contributed by atoms with Crippen LogP contribution in [0.1, 0.15) is 18.5 Å². The van der Waals surface area contributed by atoms with Gasteiger partial charge in [0.05, 0.1) is 24.1 Å². The topological polar surface area (TPSA) is 47.0 Å². The Morgan fingerprint density at radius 2 is 1.82 bits per heavy atom. The first-order valence-electron chi connectivity index (χ1n) is 6.99. The number of aromatic amines is 1. The molecule has 112 valence electrons. The predicted molar refractivity (Wildman–Crippen MR) is 90.2 cm³/mol. The molecular weight excluding hydrogens is 296 g/mol. The minimum absolute atomic E-state index is 0.0809. The highest BCUT2D eigenvalue weighted by molar-refractivity contribution is 7.71. The molecule has 0 unspecified atom stereocenters. The molecule has 0 spiro atoms. The lowest BCUT2D eigenvalue weighted by Gasteiger charge is -2.17. The molecule has 0 aliphatic rings. The van der Waals surface area contributed by atoms with E-state index in [4.69, 9.17) is 17.0 Å². The van der Waals surface area contributed by atoms with E-state index in [0.29, 0.717) is 10.2 Å². The average Bonchev–Trinajstić information content (AvgIpc) is 2.55. The van der Waals surface area contributed by atoms with E-state index in [2.05, 4.69) is 4.98 Å². The third-order valence-electron chi connectivity index (χ3n) is 3.82. The number of para-hydroxylation sites is 1. The lowest BCUT2D eigenvalue weighted by Crippen LogP contribution is -2.25. The molecule has 0 aliphatic carbocycles. The summed E-state index contributed by atoms with van der Waals surface area (Å²) < 4.78 is 7.20. The molecule has 1 heterocycles. The van der Waals surface area contributed by atoms with Crippen LogP contribution in [0.15, 0.2) is 53.3 Å². The van der Waals surface area contributed by atoms with E-state index in [1.54, 1.807) is 17.7 Å². The second-order valence-electron chi connectivity index (χ2n) is 5.10. The number of aromatic nitrogens is 2. The van der Waals surface area contributed by atoms with Crippen LogP contribution < -0.4 is 10.3 Å². The minimum atomic E-state index is -0.160. The van der Waals surface area contributed by atoms with E-state index in [1.807, 2.05) is 49.4 Å². The Balaban J connectivity index is 2.16. The zero-order chi connectivity index (χ0) is 15.7.